The van der Waals surface area contributed by atoms with E-state index < -0.39 is 0 Å². The first-order valence-electron chi connectivity index (χ1n) is 10.3. The second-order valence-corrected chi connectivity index (χ2v) is 7.51. The van der Waals surface area contributed by atoms with E-state index in [9.17, 15) is 9.59 Å². The van der Waals surface area contributed by atoms with E-state index in [1.165, 1.54) is 0 Å². The lowest BCUT2D eigenvalue weighted by Gasteiger charge is -2.32. The van der Waals surface area contributed by atoms with Crippen LogP contribution in [0.2, 0.25) is 0 Å². The molecule has 0 saturated carbocycles. The van der Waals surface area contributed by atoms with E-state index in [-0.39, 0.29) is 17.9 Å². The lowest BCUT2D eigenvalue weighted by atomic mass is 9.97. The van der Waals surface area contributed by atoms with Crippen LogP contribution in [0.5, 0.6) is 0 Å². The zero-order valence-electron chi connectivity index (χ0n) is 17.2. The fourth-order valence-electron chi connectivity index (χ4n) is 3.59. The molecule has 0 aromatic heterocycles. The Morgan fingerprint density at radius 2 is 1.93 bits per heavy atom. The zero-order chi connectivity index (χ0) is 20.6. The molecule has 3 rings (SSSR count). The average molecular weight is 395 g/mol. The summed E-state index contributed by atoms with van der Waals surface area (Å²) in [5.41, 5.74) is 3.76. The Hall–Kier alpha value is -2.86. The number of amides is 3. The predicted molar refractivity (Wildman–Crippen MR) is 117 cm³/mol. The first-order valence-corrected chi connectivity index (χ1v) is 10.3. The molecule has 3 amide bonds. The monoisotopic (exact) mass is 394 g/mol. The number of benzene rings is 2. The molecule has 6 nitrogen and oxygen atoms in total. The number of nitrogens with one attached hydrogen (secondary N) is 3. The summed E-state index contributed by atoms with van der Waals surface area (Å²) in [5.74, 6) is -0.235. The number of piperidine rings is 1. The van der Waals surface area contributed by atoms with Crippen molar-refractivity contribution < 1.29 is 9.59 Å². The topological polar surface area (TPSA) is 73.5 Å². The molecule has 1 aliphatic heterocycles. The van der Waals surface area contributed by atoms with Crippen molar-refractivity contribution in [2.45, 2.75) is 33.2 Å². The minimum absolute atomic E-state index is 0.0259. The predicted octanol–water partition coefficient (Wildman–Crippen LogP) is 3.99. The molecule has 2 aromatic carbocycles. The highest BCUT2D eigenvalue weighted by Crippen LogP contribution is 2.22. The number of anilines is 2. The van der Waals surface area contributed by atoms with Crippen LogP contribution in [0.4, 0.5) is 16.2 Å². The van der Waals surface area contributed by atoms with Gasteiger partial charge in [0.05, 0.1) is 5.92 Å². The number of rotatable bonds is 6. The molecule has 1 saturated heterocycles. The maximum atomic E-state index is 12.9. The van der Waals surface area contributed by atoms with Crippen molar-refractivity contribution in [2.75, 3.05) is 30.3 Å². The molecule has 3 N–H and O–H groups in total. The fourth-order valence-corrected chi connectivity index (χ4v) is 3.59. The van der Waals surface area contributed by atoms with E-state index >= 15 is 0 Å². The van der Waals surface area contributed by atoms with Crippen molar-refractivity contribution in [3.8, 4) is 0 Å². The molecule has 0 bridgehead atoms. The number of carbonyl (C=O) groups is 2. The zero-order valence-corrected chi connectivity index (χ0v) is 17.2. The van der Waals surface area contributed by atoms with Crippen LogP contribution in [0.1, 0.15) is 30.9 Å². The number of carbonyl (C=O) groups excluding carboxylic acids is 2. The molecule has 0 radical (unpaired) electrons. The number of hydrogen-bond donors (Lipinski definition) is 3. The van der Waals surface area contributed by atoms with Gasteiger partial charge in [-0.2, -0.15) is 0 Å². The first-order chi connectivity index (χ1) is 14.1. The summed E-state index contributed by atoms with van der Waals surface area (Å²) in [4.78, 5) is 27.3. The van der Waals surface area contributed by atoms with Crippen LogP contribution in [-0.2, 0) is 11.3 Å². The van der Waals surface area contributed by atoms with Crippen molar-refractivity contribution >= 4 is 23.3 Å². The summed E-state index contributed by atoms with van der Waals surface area (Å²) in [7, 11) is 0. The highest BCUT2D eigenvalue weighted by atomic mass is 16.2. The van der Waals surface area contributed by atoms with Crippen molar-refractivity contribution in [3.63, 3.8) is 0 Å². The Labute approximate surface area is 172 Å². The van der Waals surface area contributed by atoms with Gasteiger partial charge in [0.25, 0.3) is 0 Å². The number of hydrogen-bond acceptors (Lipinski definition) is 3. The van der Waals surface area contributed by atoms with E-state index in [0.29, 0.717) is 19.6 Å². The lowest BCUT2D eigenvalue weighted by molar-refractivity contribution is -0.121. The molecule has 29 heavy (non-hydrogen) atoms. The minimum atomic E-state index is -0.209. The quantitative estimate of drug-likeness (QED) is 0.694. The van der Waals surface area contributed by atoms with Crippen molar-refractivity contribution in [1.82, 2.24) is 10.2 Å². The average Bonchev–Trinajstić information content (AvgIpc) is 2.73. The van der Waals surface area contributed by atoms with Gasteiger partial charge in [0.15, 0.2) is 0 Å². The van der Waals surface area contributed by atoms with Crippen LogP contribution < -0.4 is 16.0 Å². The van der Waals surface area contributed by atoms with E-state index in [2.05, 4.69) is 22.9 Å². The number of urea groups is 1. The third-order valence-electron chi connectivity index (χ3n) is 5.19. The normalized spacial score (nSPS) is 16.3. The fraction of sp³-hybridized carbons (Fsp3) is 0.391. The Morgan fingerprint density at radius 1 is 1.10 bits per heavy atom. The van der Waals surface area contributed by atoms with Crippen LogP contribution in [-0.4, -0.2) is 36.5 Å². The summed E-state index contributed by atoms with van der Waals surface area (Å²) in [6, 6.07) is 15.4. The number of para-hydroxylation sites is 1. The smallest absolute Gasteiger partial charge is 0.321 e. The lowest BCUT2D eigenvalue weighted by Crippen LogP contribution is -2.45. The summed E-state index contributed by atoms with van der Waals surface area (Å²) in [5, 5.41) is 9.30. The Bertz CT molecular complexity index is 852. The van der Waals surface area contributed by atoms with Gasteiger partial charge in [-0.1, -0.05) is 37.3 Å². The highest BCUT2D eigenvalue weighted by molar-refractivity contribution is 5.94. The van der Waals surface area contributed by atoms with E-state index in [1.54, 1.807) is 4.90 Å². The van der Waals surface area contributed by atoms with Gasteiger partial charge in [0, 0.05) is 31.0 Å². The molecule has 2 aromatic rings. The van der Waals surface area contributed by atoms with Gasteiger partial charge in [-0.15, -0.1) is 0 Å². The van der Waals surface area contributed by atoms with Crippen LogP contribution in [0.15, 0.2) is 48.5 Å². The van der Waals surface area contributed by atoms with E-state index in [0.717, 1.165) is 41.9 Å². The van der Waals surface area contributed by atoms with Gasteiger partial charge in [0.1, 0.15) is 0 Å². The molecule has 1 aliphatic rings. The second kappa shape index (κ2) is 10.1. The molecule has 1 atom stereocenters. The highest BCUT2D eigenvalue weighted by Gasteiger charge is 2.28. The molecule has 0 aliphatic carbocycles. The third-order valence-corrected chi connectivity index (χ3v) is 5.19. The van der Waals surface area contributed by atoms with Gasteiger partial charge in [-0.25, -0.2) is 4.79 Å². The number of aryl methyl sites for hydroxylation is 1. The largest absolute Gasteiger partial charge is 0.325 e. The SMILES string of the molecule is CCNCc1ccccc1NC(=O)C1CCCN(C(=O)Nc2cccc(C)c2)C1. The summed E-state index contributed by atoms with van der Waals surface area (Å²) >= 11 is 0. The molecule has 154 valence electrons. The maximum Gasteiger partial charge on any atom is 0.321 e. The van der Waals surface area contributed by atoms with Crippen molar-refractivity contribution in [3.05, 3.63) is 59.7 Å². The summed E-state index contributed by atoms with van der Waals surface area (Å²) < 4.78 is 0. The van der Waals surface area contributed by atoms with Gasteiger partial charge in [0.2, 0.25) is 5.91 Å². The van der Waals surface area contributed by atoms with Crippen LogP contribution >= 0.6 is 0 Å². The Morgan fingerprint density at radius 3 is 2.72 bits per heavy atom. The summed E-state index contributed by atoms with van der Waals surface area (Å²) in [6.45, 7) is 6.72. The Balaban J connectivity index is 1.60. The molecular weight excluding hydrogens is 364 g/mol. The molecule has 1 fully saturated rings. The van der Waals surface area contributed by atoms with E-state index in [1.807, 2.05) is 55.5 Å². The molecule has 0 spiro atoms. The standard InChI is InChI=1S/C23H30N4O2/c1-3-24-15-18-9-4-5-12-21(18)26-22(28)19-10-7-13-27(16-19)23(29)25-20-11-6-8-17(2)14-20/h4-6,8-9,11-12,14,19,24H,3,7,10,13,15-16H2,1-2H3,(H,25,29)(H,26,28). The minimum Gasteiger partial charge on any atom is -0.325 e. The molecular formula is C23H30N4O2. The molecule has 6 heteroatoms. The van der Waals surface area contributed by atoms with Gasteiger partial charge in [-0.05, 0) is 55.6 Å². The van der Waals surface area contributed by atoms with Gasteiger partial charge >= 0.3 is 6.03 Å². The molecule has 1 unspecified atom stereocenters. The van der Waals surface area contributed by atoms with Gasteiger partial charge in [-0.3, -0.25) is 4.79 Å². The van der Waals surface area contributed by atoms with Crippen LogP contribution in [0.25, 0.3) is 0 Å². The van der Waals surface area contributed by atoms with Crippen molar-refractivity contribution in [1.29, 1.82) is 0 Å². The van der Waals surface area contributed by atoms with Gasteiger partial charge < -0.3 is 20.9 Å². The number of nitrogens with zero attached hydrogens (tertiary/aromatic N) is 1. The number of likely N-dealkylation sites (tertiary alicyclic amines) is 1. The second-order valence-electron chi connectivity index (χ2n) is 7.51. The Kier molecular flexibility index (Phi) is 7.25. The maximum absolute atomic E-state index is 12.9. The summed E-state index contributed by atoms with van der Waals surface area (Å²) in [6.07, 6.45) is 1.60. The van der Waals surface area contributed by atoms with Crippen LogP contribution in [0, 0.1) is 12.8 Å². The van der Waals surface area contributed by atoms with Crippen molar-refractivity contribution in [2.24, 2.45) is 5.92 Å². The van der Waals surface area contributed by atoms with E-state index in [4.69, 9.17) is 0 Å². The first kappa shape index (κ1) is 20.9. The van der Waals surface area contributed by atoms with Crippen LogP contribution in [0.3, 0.4) is 0 Å². The third kappa shape index (κ3) is 5.81. The molecule has 1 heterocycles.